The van der Waals surface area contributed by atoms with E-state index in [4.69, 9.17) is 9.47 Å². The number of anilines is 2. The number of carbonyl (C=O) groups is 3. The first-order valence-corrected chi connectivity index (χ1v) is 10.1. The van der Waals surface area contributed by atoms with E-state index >= 15 is 0 Å². The monoisotopic (exact) mass is 427 g/mol. The lowest BCUT2D eigenvalue weighted by Crippen LogP contribution is -2.37. The van der Waals surface area contributed by atoms with Gasteiger partial charge >= 0.3 is 6.09 Å². The molecule has 0 aliphatic heterocycles. The molecule has 8 nitrogen and oxygen atoms in total. The van der Waals surface area contributed by atoms with E-state index in [2.05, 4.69) is 16.0 Å². The second kappa shape index (κ2) is 11.6. The number of hydrogen-bond acceptors (Lipinski definition) is 5. The van der Waals surface area contributed by atoms with E-state index < -0.39 is 11.7 Å². The van der Waals surface area contributed by atoms with Gasteiger partial charge in [0, 0.05) is 17.8 Å². The Balaban J connectivity index is 1.66. The molecule has 0 saturated carbocycles. The van der Waals surface area contributed by atoms with E-state index in [1.54, 1.807) is 45.0 Å². The molecule has 0 fully saturated rings. The summed E-state index contributed by atoms with van der Waals surface area (Å²) >= 11 is 0. The van der Waals surface area contributed by atoms with E-state index in [9.17, 15) is 14.4 Å². The smallest absolute Gasteiger partial charge is 0.408 e. The van der Waals surface area contributed by atoms with E-state index in [1.807, 2.05) is 30.3 Å². The Labute approximate surface area is 182 Å². The van der Waals surface area contributed by atoms with Gasteiger partial charge in [-0.3, -0.25) is 9.59 Å². The standard InChI is InChI=1S/C23H29N3O5/c1-23(2,3)31-22(29)24-16-21(28)26-18-13-11-17(12-14-18)25-20(27)10-7-15-30-19-8-5-4-6-9-19/h4-6,8-9,11-14H,7,10,15-16H2,1-3H3,(H,24,29)(H,25,27)(H,26,28). The molecule has 0 aliphatic rings. The van der Waals surface area contributed by atoms with Gasteiger partial charge in [0.2, 0.25) is 11.8 Å². The lowest BCUT2D eigenvalue weighted by atomic mass is 10.2. The lowest BCUT2D eigenvalue weighted by Gasteiger charge is -2.19. The van der Waals surface area contributed by atoms with Crippen molar-refractivity contribution in [3.63, 3.8) is 0 Å². The highest BCUT2D eigenvalue weighted by Gasteiger charge is 2.16. The third kappa shape index (κ3) is 10.2. The average Bonchev–Trinajstić information content (AvgIpc) is 2.71. The summed E-state index contributed by atoms with van der Waals surface area (Å²) in [6.45, 7) is 5.47. The number of amides is 3. The summed E-state index contributed by atoms with van der Waals surface area (Å²) in [5.41, 5.74) is 0.541. The quantitative estimate of drug-likeness (QED) is 0.526. The fourth-order valence-corrected chi connectivity index (χ4v) is 2.47. The van der Waals surface area contributed by atoms with Crippen LogP contribution >= 0.6 is 0 Å². The highest BCUT2D eigenvalue weighted by Crippen LogP contribution is 2.14. The van der Waals surface area contributed by atoms with Crippen molar-refractivity contribution in [2.24, 2.45) is 0 Å². The molecule has 8 heteroatoms. The zero-order valence-electron chi connectivity index (χ0n) is 18.1. The SMILES string of the molecule is CC(C)(C)OC(=O)NCC(=O)Nc1ccc(NC(=O)CCCOc2ccccc2)cc1. The number of nitrogens with one attached hydrogen (secondary N) is 3. The molecule has 2 rings (SSSR count). The van der Waals surface area contributed by atoms with Crippen molar-refractivity contribution >= 4 is 29.3 Å². The van der Waals surface area contributed by atoms with Crippen molar-refractivity contribution in [3.05, 3.63) is 54.6 Å². The zero-order chi connectivity index (χ0) is 22.7. The summed E-state index contributed by atoms with van der Waals surface area (Å²) in [5.74, 6) is 0.276. The number of hydrogen-bond donors (Lipinski definition) is 3. The summed E-state index contributed by atoms with van der Waals surface area (Å²) in [6, 6.07) is 16.2. The Morgan fingerprint density at radius 3 is 2.00 bits per heavy atom. The summed E-state index contributed by atoms with van der Waals surface area (Å²) < 4.78 is 10.6. The van der Waals surface area contributed by atoms with E-state index in [0.717, 1.165) is 5.75 Å². The van der Waals surface area contributed by atoms with Gasteiger partial charge in [0.15, 0.2) is 0 Å². The zero-order valence-corrected chi connectivity index (χ0v) is 18.1. The average molecular weight is 428 g/mol. The Kier molecular flexibility index (Phi) is 8.87. The van der Waals surface area contributed by atoms with Crippen LogP contribution in [0.5, 0.6) is 5.75 Å². The van der Waals surface area contributed by atoms with Crippen molar-refractivity contribution in [2.45, 2.75) is 39.2 Å². The van der Waals surface area contributed by atoms with Crippen LogP contribution in [0.2, 0.25) is 0 Å². The van der Waals surface area contributed by atoms with Crippen LogP contribution in [0.3, 0.4) is 0 Å². The van der Waals surface area contributed by atoms with E-state index in [1.165, 1.54) is 0 Å². The number of para-hydroxylation sites is 1. The Morgan fingerprint density at radius 2 is 1.42 bits per heavy atom. The maximum atomic E-state index is 12.0. The molecule has 3 amide bonds. The number of carbonyl (C=O) groups excluding carboxylic acids is 3. The lowest BCUT2D eigenvalue weighted by molar-refractivity contribution is -0.116. The topological polar surface area (TPSA) is 106 Å². The minimum absolute atomic E-state index is 0.116. The molecular weight excluding hydrogens is 398 g/mol. The van der Waals surface area contributed by atoms with Crippen molar-refractivity contribution < 1.29 is 23.9 Å². The number of ether oxygens (including phenoxy) is 2. The van der Waals surface area contributed by atoms with E-state index in [-0.39, 0.29) is 18.4 Å². The summed E-state index contributed by atoms with van der Waals surface area (Å²) in [7, 11) is 0. The second-order valence-corrected chi connectivity index (χ2v) is 7.79. The van der Waals surface area contributed by atoms with Gasteiger partial charge < -0.3 is 25.4 Å². The first-order chi connectivity index (χ1) is 14.7. The molecule has 0 aromatic heterocycles. The third-order valence-electron chi connectivity index (χ3n) is 3.80. The molecule has 0 atom stereocenters. The van der Waals surface area contributed by atoms with Crippen LogP contribution in [0.1, 0.15) is 33.6 Å². The predicted molar refractivity (Wildman–Crippen MR) is 119 cm³/mol. The highest BCUT2D eigenvalue weighted by molar-refractivity contribution is 5.94. The second-order valence-electron chi connectivity index (χ2n) is 7.79. The molecule has 0 saturated heterocycles. The third-order valence-corrected chi connectivity index (χ3v) is 3.80. The molecule has 0 aliphatic carbocycles. The molecule has 2 aromatic rings. The Morgan fingerprint density at radius 1 is 0.839 bits per heavy atom. The summed E-state index contributed by atoms with van der Waals surface area (Å²) in [5, 5.41) is 7.85. The van der Waals surface area contributed by atoms with Crippen molar-refractivity contribution in [2.75, 3.05) is 23.8 Å². The van der Waals surface area contributed by atoms with Crippen LogP contribution in [0.15, 0.2) is 54.6 Å². The minimum atomic E-state index is -0.658. The van der Waals surface area contributed by atoms with Crippen molar-refractivity contribution in [3.8, 4) is 5.75 Å². The van der Waals surface area contributed by atoms with Gasteiger partial charge in [0.25, 0.3) is 0 Å². The number of benzene rings is 2. The molecular formula is C23H29N3O5. The van der Waals surface area contributed by atoms with Crippen LogP contribution in [-0.2, 0) is 14.3 Å². The Bertz CT molecular complexity index is 861. The highest BCUT2D eigenvalue weighted by atomic mass is 16.6. The molecule has 0 radical (unpaired) electrons. The molecule has 2 aromatic carbocycles. The van der Waals surface area contributed by atoms with Crippen LogP contribution in [-0.4, -0.2) is 36.7 Å². The normalized spacial score (nSPS) is 10.7. The van der Waals surface area contributed by atoms with Crippen LogP contribution < -0.4 is 20.7 Å². The maximum absolute atomic E-state index is 12.0. The fraction of sp³-hybridized carbons (Fsp3) is 0.348. The van der Waals surface area contributed by atoms with Gasteiger partial charge in [-0.15, -0.1) is 0 Å². The molecule has 0 unspecified atom stereocenters. The number of alkyl carbamates (subject to hydrolysis) is 1. The van der Waals surface area contributed by atoms with Crippen LogP contribution in [0.4, 0.5) is 16.2 Å². The van der Waals surface area contributed by atoms with Gasteiger partial charge in [-0.2, -0.15) is 0 Å². The van der Waals surface area contributed by atoms with Crippen LogP contribution in [0.25, 0.3) is 0 Å². The summed E-state index contributed by atoms with van der Waals surface area (Å²) in [4.78, 5) is 35.5. The minimum Gasteiger partial charge on any atom is -0.494 e. The van der Waals surface area contributed by atoms with Gasteiger partial charge in [-0.1, -0.05) is 18.2 Å². The molecule has 0 spiro atoms. The van der Waals surface area contributed by atoms with Gasteiger partial charge in [-0.05, 0) is 63.6 Å². The maximum Gasteiger partial charge on any atom is 0.408 e. The fourth-order valence-electron chi connectivity index (χ4n) is 2.47. The Hall–Kier alpha value is -3.55. The van der Waals surface area contributed by atoms with Gasteiger partial charge in [-0.25, -0.2) is 4.79 Å². The molecule has 0 bridgehead atoms. The number of rotatable bonds is 9. The van der Waals surface area contributed by atoms with Crippen molar-refractivity contribution in [1.29, 1.82) is 0 Å². The molecule has 166 valence electrons. The van der Waals surface area contributed by atoms with Crippen molar-refractivity contribution in [1.82, 2.24) is 5.32 Å². The molecule has 3 N–H and O–H groups in total. The first kappa shape index (κ1) is 23.7. The first-order valence-electron chi connectivity index (χ1n) is 10.1. The largest absolute Gasteiger partial charge is 0.494 e. The van der Waals surface area contributed by atoms with Crippen LogP contribution in [0, 0.1) is 0 Å². The molecule has 0 heterocycles. The molecule has 31 heavy (non-hydrogen) atoms. The summed E-state index contributed by atoms with van der Waals surface area (Å²) in [6.07, 6.45) is 0.274. The van der Waals surface area contributed by atoms with Gasteiger partial charge in [0.1, 0.15) is 17.9 Å². The van der Waals surface area contributed by atoms with E-state index in [0.29, 0.717) is 30.8 Å². The predicted octanol–water partition coefficient (Wildman–Crippen LogP) is 3.95. The van der Waals surface area contributed by atoms with Gasteiger partial charge in [0.05, 0.1) is 6.61 Å².